The molecule has 30 heavy (non-hydrogen) atoms. The molecule has 0 bridgehead atoms. The zero-order valence-corrected chi connectivity index (χ0v) is 17.1. The largest absolute Gasteiger partial charge is 0.491 e. The summed E-state index contributed by atoms with van der Waals surface area (Å²) in [4.78, 5) is 18.7. The molecule has 0 saturated carbocycles. The van der Waals surface area contributed by atoms with E-state index >= 15 is 0 Å². The highest BCUT2D eigenvalue weighted by atomic mass is 32.1. The summed E-state index contributed by atoms with van der Waals surface area (Å²) in [5.41, 5.74) is 1.36. The lowest BCUT2D eigenvalue weighted by Gasteiger charge is -2.24. The minimum atomic E-state index is -2.63. The van der Waals surface area contributed by atoms with Crippen LogP contribution in [-0.4, -0.2) is 64.6 Å². The van der Waals surface area contributed by atoms with Crippen LogP contribution in [0.5, 0.6) is 5.75 Å². The number of imidazole rings is 1. The van der Waals surface area contributed by atoms with Crippen LogP contribution in [-0.2, 0) is 16.1 Å². The Balaban J connectivity index is 1.71. The lowest BCUT2D eigenvalue weighted by Crippen LogP contribution is -2.38. The monoisotopic (exact) mass is 438 g/mol. The molecule has 2 aliphatic heterocycles. The second-order valence-electron chi connectivity index (χ2n) is 7.12. The van der Waals surface area contributed by atoms with E-state index < -0.39 is 24.5 Å². The molecule has 160 valence electrons. The Labute approximate surface area is 176 Å². The molecular weight excluding hydrogens is 418 g/mol. The smallest absolute Gasteiger partial charge is 0.326 e. The molecule has 2 aliphatic rings. The van der Waals surface area contributed by atoms with Gasteiger partial charge in [0.05, 0.1) is 12.1 Å². The summed E-state index contributed by atoms with van der Waals surface area (Å²) < 4.78 is 39.6. The number of alkyl halides is 2. The van der Waals surface area contributed by atoms with Crippen molar-refractivity contribution in [3.8, 4) is 17.1 Å². The number of halogens is 2. The summed E-state index contributed by atoms with van der Waals surface area (Å²) in [5.74, 6) is 0.455. The van der Waals surface area contributed by atoms with Crippen LogP contribution in [0.4, 0.5) is 20.3 Å². The molecule has 0 spiro atoms. The van der Waals surface area contributed by atoms with Gasteiger partial charge in [0.1, 0.15) is 36.9 Å². The highest BCUT2D eigenvalue weighted by molar-refractivity contribution is 7.80. The standard InChI is InChI=1S/C19H20F2N4O4S/c1-10(18(26)27)23(2)11-3-4-12-14(7-11)28-6-5-24-8-15(22-17(12)24)25-13(16(20)21)9-29-19(25)30/h3-4,7-8,10,13,16H,5-6,9H2,1-2H3,(H,26,27)/t10-,13-/m0/s1. The SMILES string of the molecule is C[C@@H](C(=O)O)N(C)c1ccc2c(c1)OCCn1cc(N3C(=S)OC[C@H]3C(F)F)nc1-2. The van der Waals surface area contributed by atoms with Crippen molar-refractivity contribution in [3.05, 3.63) is 24.4 Å². The van der Waals surface area contributed by atoms with Gasteiger partial charge in [0.2, 0.25) is 0 Å². The van der Waals surface area contributed by atoms with Crippen molar-refractivity contribution in [2.75, 3.05) is 30.1 Å². The fourth-order valence-corrected chi connectivity index (χ4v) is 3.76. The number of aliphatic carboxylic acids is 1. The number of hydrogen-bond donors (Lipinski definition) is 1. The number of carboxylic acids is 1. The summed E-state index contributed by atoms with van der Waals surface area (Å²) in [7, 11) is 1.69. The number of hydrogen-bond acceptors (Lipinski definition) is 6. The number of carbonyl (C=O) groups is 1. The van der Waals surface area contributed by atoms with Crippen molar-refractivity contribution in [2.45, 2.75) is 32.0 Å². The summed E-state index contributed by atoms with van der Waals surface area (Å²) in [6.07, 6.45) is -0.964. The van der Waals surface area contributed by atoms with Gasteiger partial charge in [-0.2, -0.15) is 0 Å². The van der Waals surface area contributed by atoms with Crippen LogP contribution in [0.2, 0.25) is 0 Å². The maximum absolute atomic E-state index is 13.4. The first-order chi connectivity index (χ1) is 14.3. The van der Waals surface area contributed by atoms with Crippen molar-refractivity contribution in [3.63, 3.8) is 0 Å². The number of ether oxygens (including phenoxy) is 2. The molecule has 3 heterocycles. The highest BCUT2D eigenvalue weighted by Gasteiger charge is 2.39. The van der Waals surface area contributed by atoms with Crippen LogP contribution >= 0.6 is 12.2 Å². The maximum atomic E-state index is 13.4. The molecule has 0 aliphatic carbocycles. The van der Waals surface area contributed by atoms with E-state index in [4.69, 9.17) is 21.7 Å². The van der Waals surface area contributed by atoms with Crippen LogP contribution in [0.3, 0.4) is 0 Å². The van der Waals surface area contributed by atoms with E-state index in [1.165, 1.54) is 4.90 Å². The molecule has 1 saturated heterocycles. The highest BCUT2D eigenvalue weighted by Crippen LogP contribution is 2.37. The Kier molecular flexibility index (Phi) is 5.22. The van der Waals surface area contributed by atoms with Crippen LogP contribution in [0.1, 0.15) is 6.92 Å². The number of carboxylic acid groups (broad SMARTS) is 1. The van der Waals surface area contributed by atoms with E-state index in [0.717, 1.165) is 0 Å². The third-order valence-electron chi connectivity index (χ3n) is 5.35. The number of benzene rings is 1. The third-order valence-corrected chi connectivity index (χ3v) is 5.66. The van der Waals surface area contributed by atoms with Crippen LogP contribution in [0.25, 0.3) is 11.4 Å². The normalized spacial score (nSPS) is 18.9. The predicted octanol–water partition coefficient (Wildman–Crippen LogP) is 2.61. The van der Waals surface area contributed by atoms with Gasteiger partial charge in [-0.25, -0.2) is 18.6 Å². The van der Waals surface area contributed by atoms with Crippen molar-refractivity contribution < 1.29 is 28.2 Å². The maximum Gasteiger partial charge on any atom is 0.326 e. The van der Waals surface area contributed by atoms with Gasteiger partial charge >= 0.3 is 5.97 Å². The molecule has 1 aromatic heterocycles. The molecule has 8 nitrogen and oxygen atoms in total. The van der Waals surface area contributed by atoms with E-state index in [2.05, 4.69) is 4.98 Å². The fraction of sp³-hybridized carbons (Fsp3) is 0.421. The van der Waals surface area contributed by atoms with E-state index in [9.17, 15) is 18.7 Å². The van der Waals surface area contributed by atoms with E-state index in [0.29, 0.717) is 41.8 Å². The van der Waals surface area contributed by atoms with Crippen molar-refractivity contribution in [2.24, 2.45) is 0 Å². The van der Waals surface area contributed by atoms with Gasteiger partial charge in [0.15, 0.2) is 5.82 Å². The predicted molar refractivity (Wildman–Crippen MR) is 109 cm³/mol. The van der Waals surface area contributed by atoms with Gasteiger partial charge in [0, 0.05) is 25.0 Å². The second kappa shape index (κ2) is 7.71. The molecule has 0 amide bonds. The zero-order chi connectivity index (χ0) is 21.6. The molecule has 1 N–H and O–H groups in total. The summed E-state index contributed by atoms with van der Waals surface area (Å²) in [6.45, 7) is 2.22. The first kappa shape index (κ1) is 20.3. The minimum absolute atomic E-state index is 0.0235. The Morgan fingerprint density at radius 3 is 2.87 bits per heavy atom. The van der Waals surface area contributed by atoms with E-state index in [1.54, 1.807) is 43.3 Å². The van der Waals surface area contributed by atoms with Crippen LogP contribution < -0.4 is 14.5 Å². The van der Waals surface area contributed by atoms with Gasteiger partial charge in [-0.3, -0.25) is 4.90 Å². The number of nitrogens with zero attached hydrogens (tertiary/aromatic N) is 4. The average molecular weight is 438 g/mol. The number of likely N-dealkylation sites (N-methyl/N-ethyl adjacent to an activating group) is 1. The topological polar surface area (TPSA) is 80.1 Å². The Morgan fingerprint density at radius 1 is 1.40 bits per heavy atom. The molecule has 0 radical (unpaired) electrons. The second-order valence-corrected chi connectivity index (χ2v) is 7.47. The number of thiocarbonyl (C=S) groups is 1. The number of rotatable bonds is 5. The molecule has 4 rings (SSSR count). The molecular formula is C19H20F2N4O4S. The minimum Gasteiger partial charge on any atom is -0.491 e. The van der Waals surface area contributed by atoms with Gasteiger partial charge in [-0.15, -0.1) is 0 Å². The van der Waals surface area contributed by atoms with Gasteiger partial charge < -0.3 is 24.0 Å². The van der Waals surface area contributed by atoms with Crippen LogP contribution in [0, 0.1) is 0 Å². The van der Waals surface area contributed by atoms with Crippen LogP contribution in [0.15, 0.2) is 24.4 Å². The lowest BCUT2D eigenvalue weighted by atomic mass is 10.1. The Bertz CT molecular complexity index is 999. The van der Waals surface area contributed by atoms with Crippen molar-refractivity contribution >= 4 is 34.9 Å². The third kappa shape index (κ3) is 3.42. The zero-order valence-electron chi connectivity index (χ0n) is 16.3. The van der Waals surface area contributed by atoms with E-state index in [-0.39, 0.29) is 11.8 Å². The molecule has 2 atom stereocenters. The Hall–Kier alpha value is -2.95. The van der Waals surface area contributed by atoms with Crippen molar-refractivity contribution in [1.29, 1.82) is 0 Å². The molecule has 2 aromatic rings. The van der Waals surface area contributed by atoms with Gasteiger partial charge in [-0.1, -0.05) is 0 Å². The lowest BCUT2D eigenvalue weighted by molar-refractivity contribution is -0.138. The summed E-state index contributed by atoms with van der Waals surface area (Å²) in [5, 5.41) is 9.23. The number of anilines is 2. The number of fused-ring (bicyclic) bond motifs is 3. The quantitative estimate of drug-likeness (QED) is 0.714. The summed E-state index contributed by atoms with van der Waals surface area (Å²) >= 11 is 5.10. The first-order valence-electron chi connectivity index (χ1n) is 9.32. The molecule has 1 aromatic carbocycles. The van der Waals surface area contributed by atoms with E-state index in [1.807, 2.05) is 4.57 Å². The number of aromatic nitrogens is 2. The summed E-state index contributed by atoms with van der Waals surface area (Å²) in [6, 6.07) is 3.42. The molecule has 1 fully saturated rings. The Morgan fingerprint density at radius 2 is 2.17 bits per heavy atom. The fourth-order valence-electron chi connectivity index (χ4n) is 3.47. The first-order valence-corrected chi connectivity index (χ1v) is 9.73. The molecule has 11 heteroatoms. The van der Waals surface area contributed by atoms with Crippen molar-refractivity contribution in [1.82, 2.24) is 9.55 Å². The van der Waals surface area contributed by atoms with Gasteiger partial charge in [0.25, 0.3) is 11.6 Å². The molecule has 0 unspecified atom stereocenters. The van der Waals surface area contributed by atoms with Gasteiger partial charge in [-0.05, 0) is 31.3 Å². The average Bonchev–Trinajstić information content (AvgIpc) is 3.25.